The second-order valence-electron chi connectivity index (χ2n) is 9.65. The van der Waals surface area contributed by atoms with Gasteiger partial charge in [0.05, 0.1) is 24.2 Å². The van der Waals surface area contributed by atoms with Crippen LogP contribution in [-0.4, -0.2) is 34.0 Å². The normalized spacial score (nSPS) is 41.0. The molecule has 0 saturated heterocycles. The van der Waals surface area contributed by atoms with E-state index in [1.165, 1.54) is 6.92 Å². The quantitative estimate of drug-likeness (QED) is 0.781. The molecule has 0 aromatic carbocycles. The lowest BCUT2D eigenvalue weighted by Gasteiger charge is -2.65. The largest absolute Gasteiger partial charge is 0.472 e. The van der Waals surface area contributed by atoms with Crippen molar-refractivity contribution in [2.45, 2.75) is 84.5 Å². The molecule has 0 amide bonds. The smallest absolute Gasteiger partial charge is 0.303 e. The first-order valence-corrected chi connectivity index (χ1v) is 10.1. The van der Waals surface area contributed by atoms with Gasteiger partial charge in [0.15, 0.2) is 0 Å². The molecule has 0 aliphatic heterocycles. The van der Waals surface area contributed by atoms with Crippen LogP contribution in [0.25, 0.3) is 0 Å². The van der Waals surface area contributed by atoms with Crippen molar-refractivity contribution in [3.63, 3.8) is 0 Å². The van der Waals surface area contributed by atoms with E-state index in [0.29, 0.717) is 12.8 Å². The van der Waals surface area contributed by atoms with Gasteiger partial charge in [0.1, 0.15) is 6.10 Å². The van der Waals surface area contributed by atoms with Crippen molar-refractivity contribution >= 4 is 5.97 Å². The number of fused-ring (bicyclic) bond motifs is 1. The van der Waals surface area contributed by atoms with Gasteiger partial charge in [-0.1, -0.05) is 34.1 Å². The molecule has 27 heavy (non-hydrogen) atoms. The van der Waals surface area contributed by atoms with Gasteiger partial charge in [-0.3, -0.25) is 4.79 Å². The average Bonchev–Trinajstić information content (AvgIpc) is 3.08. The van der Waals surface area contributed by atoms with Gasteiger partial charge in [-0.25, -0.2) is 0 Å². The van der Waals surface area contributed by atoms with Crippen molar-refractivity contribution in [1.29, 1.82) is 0 Å². The Kier molecular flexibility index (Phi) is 5.23. The Morgan fingerprint density at radius 3 is 2.63 bits per heavy atom. The Balaban J connectivity index is 2.02. The topological polar surface area (TPSA) is 79.9 Å². The number of carbonyl (C=O) groups is 1. The van der Waals surface area contributed by atoms with E-state index in [9.17, 15) is 15.0 Å². The zero-order valence-electron chi connectivity index (χ0n) is 17.2. The van der Waals surface area contributed by atoms with E-state index in [0.717, 1.165) is 24.8 Å². The van der Waals surface area contributed by atoms with Gasteiger partial charge in [-0.15, -0.1) is 0 Å². The standard InChI is InChI=1S/C22H34O5/c1-14-17(24)18(27-15(2)23)19-20(3,4)9-6-10-21(19,5)22(14,25)11-7-16-8-12-26-13-16/h8,12-14,17-19,24-25H,6-7,9-11H2,1-5H3. The van der Waals surface area contributed by atoms with E-state index >= 15 is 0 Å². The highest BCUT2D eigenvalue weighted by Gasteiger charge is 2.67. The molecule has 2 aliphatic rings. The third kappa shape index (κ3) is 3.23. The van der Waals surface area contributed by atoms with Gasteiger partial charge < -0.3 is 19.4 Å². The van der Waals surface area contributed by atoms with Gasteiger partial charge >= 0.3 is 5.97 Å². The van der Waals surface area contributed by atoms with Gasteiger partial charge in [-0.2, -0.15) is 0 Å². The number of furan rings is 1. The van der Waals surface area contributed by atoms with Crippen LogP contribution < -0.4 is 0 Å². The summed E-state index contributed by atoms with van der Waals surface area (Å²) in [7, 11) is 0. The number of hydrogen-bond donors (Lipinski definition) is 2. The maximum Gasteiger partial charge on any atom is 0.303 e. The summed E-state index contributed by atoms with van der Waals surface area (Å²) in [5.41, 5.74) is -0.597. The maximum atomic E-state index is 12.0. The highest BCUT2D eigenvalue weighted by atomic mass is 16.6. The molecule has 5 heteroatoms. The summed E-state index contributed by atoms with van der Waals surface area (Å²) >= 11 is 0. The molecule has 2 N–H and O–H groups in total. The summed E-state index contributed by atoms with van der Waals surface area (Å²) in [5, 5.41) is 23.1. The SMILES string of the molecule is CC(=O)OC1C(O)C(C)C(O)(CCc2ccoc2)C2(C)CCCC(C)(C)C12. The fourth-order valence-corrected chi connectivity index (χ4v) is 6.27. The molecule has 0 spiro atoms. The lowest BCUT2D eigenvalue weighted by molar-refractivity contribution is -0.281. The summed E-state index contributed by atoms with van der Waals surface area (Å²) in [5.74, 6) is -0.883. The number of carbonyl (C=O) groups excluding carboxylic acids is 1. The Labute approximate surface area is 162 Å². The summed E-state index contributed by atoms with van der Waals surface area (Å²) in [6.45, 7) is 9.76. The van der Waals surface area contributed by atoms with Crippen LogP contribution in [0.5, 0.6) is 0 Å². The maximum absolute atomic E-state index is 12.0. The minimum atomic E-state index is -1.05. The van der Waals surface area contributed by atoms with Crippen LogP contribution in [0, 0.1) is 22.7 Å². The molecule has 6 atom stereocenters. The average molecular weight is 379 g/mol. The molecule has 3 rings (SSSR count). The van der Waals surface area contributed by atoms with Crippen molar-refractivity contribution < 1.29 is 24.2 Å². The second-order valence-corrected chi connectivity index (χ2v) is 9.65. The lowest BCUT2D eigenvalue weighted by atomic mass is 9.42. The number of aliphatic hydroxyl groups is 2. The van der Waals surface area contributed by atoms with E-state index in [1.54, 1.807) is 12.5 Å². The van der Waals surface area contributed by atoms with Crippen molar-refractivity contribution in [3.8, 4) is 0 Å². The number of rotatable bonds is 4. The molecule has 0 radical (unpaired) electrons. The van der Waals surface area contributed by atoms with Crippen LogP contribution in [-0.2, 0) is 16.0 Å². The first-order chi connectivity index (χ1) is 12.5. The molecule has 2 fully saturated rings. The minimum Gasteiger partial charge on any atom is -0.472 e. The monoisotopic (exact) mass is 378 g/mol. The Bertz CT molecular complexity index is 666. The molecule has 0 bridgehead atoms. The van der Waals surface area contributed by atoms with Crippen LogP contribution in [0.1, 0.15) is 65.9 Å². The molecule has 5 nitrogen and oxygen atoms in total. The van der Waals surface area contributed by atoms with Crippen molar-refractivity contribution in [1.82, 2.24) is 0 Å². The lowest BCUT2D eigenvalue weighted by Crippen LogP contribution is -2.71. The van der Waals surface area contributed by atoms with Crippen LogP contribution in [0.4, 0.5) is 0 Å². The Morgan fingerprint density at radius 2 is 2.04 bits per heavy atom. The van der Waals surface area contributed by atoms with Gasteiger partial charge in [-0.05, 0) is 42.7 Å². The number of aliphatic hydroxyl groups excluding tert-OH is 1. The third-order valence-corrected chi connectivity index (χ3v) is 7.64. The molecule has 6 unspecified atom stereocenters. The molecular formula is C22H34O5. The molecule has 1 aromatic rings. The fourth-order valence-electron chi connectivity index (χ4n) is 6.27. The molecule has 2 saturated carbocycles. The van der Waals surface area contributed by atoms with Crippen LogP contribution in [0.2, 0.25) is 0 Å². The van der Waals surface area contributed by atoms with E-state index in [1.807, 2.05) is 13.0 Å². The zero-order valence-corrected chi connectivity index (χ0v) is 17.2. The van der Waals surface area contributed by atoms with E-state index < -0.39 is 29.1 Å². The van der Waals surface area contributed by atoms with Crippen LogP contribution in [0.15, 0.2) is 23.0 Å². The van der Waals surface area contributed by atoms with Gasteiger partial charge in [0, 0.05) is 24.2 Å². The van der Waals surface area contributed by atoms with Gasteiger partial charge in [0.25, 0.3) is 0 Å². The third-order valence-electron chi connectivity index (χ3n) is 7.64. The Hall–Kier alpha value is -1.33. The number of esters is 1. The zero-order chi connectivity index (χ0) is 20.0. The molecule has 1 aromatic heterocycles. The first kappa shape index (κ1) is 20.4. The minimum absolute atomic E-state index is 0.108. The van der Waals surface area contributed by atoms with Gasteiger partial charge in [0.2, 0.25) is 0 Å². The predicted molar refractivity (Wildman–Crippen MR) is 102 cm³/mol. The number of ether oxygens (including phenoxy) is 1. The van der Waals surface area contributed by atoms with Crippen molar-refractivity contribution in [2.75, 3.05) is 0 Å². The summed E-state index contributed by atoms with van der Waals surface area (Å²) < 4.78 is 10.8. The van der Waals surface area contributed by atoms with E-state index in [4.69, 9.17) is 9.15 Å². The molecular weight excluding hydrogens is 344 g/mol. The van der Waals surface area contributed by atoms with E-state index in [2.05, 4.69) is 20.8 Å². The highest BCUT2D eigenvalue weighted by molar-refractivity contribution is 5.66. The summed E-state index contributed by atoms with van der Waals surface area (Å²) in [6, 6.07) is 1.92. The molecule has 152 valence electrons. The predicted octanol–water partition coefficient (Wildman–Crippen LogP) is 3.72. The number of aryl methyl sites for hydroxylation is 1. The van der Waals surface area contributed by atoms with Crippen LogP contribution in [0.3, 0.4) is 0 Å². The van der Waals surface area contributed by atoms with E-state index in [-0.39, 0.29) is 17.3 Å². The van der Waals surface area contributed by atoms with Crippen molar-refractivity contribution in [3.05, 3.63) is 24.2 Å². The molecule has 1 heterocycles. The Morgan fingerprint density at radius 1 is 1.33 bits per heavy atom. The van der Waals surface area contributed by atoms with Crippen molar-refractivity contribution in [2.24, 2.45) is 22.7 Å². The summed E-state index contributed by atoms with van der Waals surface area (Å²) in [6.07, 6.45) is 5.96. The second kappa shape index (κ2) is 6.93. The fraction of sp³-hybridized carbons (Fsp3) is 0.773. The summed E-state index contributed by atoms with van der Waals surface area (Å²) in [4.78, 5) is 11.8. The first-order valence-electron chi connectivity index (χ1n) is 10.1. The number of hydrogen-bond acceptors (Lipinski definition) is 5. The highest BCUT2D eigenvalue weighted by Crippen LogP contribution is 2.64. The van der Waals surface area contributed by atoms with Crippen LogP contribution >= 0.6 is 0 Å². The molecule has 2 aliphatic carbocycles.